The molecule has 1 saturated heterocycles. The molecule has 33 heavy (non-hydrogen) atoms. The maximum Gasteiger partial charge on any atom is 0.345 e. The number of nitrogens with one attached hydrogen (secondary N) is 2. The molecule has 1 fully saturated rings. The number of Topliss-reactive ketones (excluding diaryl/α,β-unsaturated/α-hetero) is 1. The monoisotopic (exact) mass is 468 g/mol. The number of epoxide rings is 1. The normalized spacial score (nSPS) is 19.9. The van der Waals surface area contributed by atoms with E-state index in [-0.39, 0.29) is 25.2 Å². The number of alkyl halides is 2. The van der Waals surface area contributed by atoms with Gasteiger partial charge in [-0.3, -0.25) is 19.2 Å². The summed E-state index contributed by atoms with van der Waals surface area (Å²) in [5.74, 6) is -3.27. The Balaban J connectivity index is 2.09. The van der Waals surface area contributed by atoms with Gasteiger partial charge >= 0.3 is 6.61 Å². The van der Waals surface area contributed by atoms with Crippen LogP contribution < -0.4 is 16.4 Å². The number of benzene rings is 1. The Morgan fingerprint density at radius 2 is 1.82 bits per heavy atom. The molecule has 4 atom stereocenters. The second-order valence-electron chi connectivity index (χ2n) is 8.03. The summed E-state index contributed by atoms with van der Waals surface area (Å²) < 4.78 is 34.6. The van der Waals surface area contributed by atoms with E-state index in [9.17, 15) is 28.0 Å². The van der Waals surface area contributed by atoms with Gasteiger partial charge in [0.25, 0.3) is 0 Å². The van der Waals surface area contributed by atoms with E-state index in [1.807, 2.05) is 0 Å². The molecule has 0 spiro atoms. The quantitative estimate of drug-likeness (QED) is 0.340. The maximum atomic E-state index is 12.9. The summed E-state index contributed by atoms with van der Waals surface area (Å²) in [6.45, 7) is -0.690. The molecule has 0 aromatic heterocycles. The van der Waals surface area contributed by atoms with E-state index in [2.05, 4.69) is 15.4 Å². The minimum Gasteiger partial charge on any atom is -0.369 e. The van der Waals surface area contributed by atoms with Gasteiger partial charge in [-0.1, -0.05) is 37.3 Å². The van der Waals surface area contributed by atoms with E-state index in [0.29, 0.717) is 0 Å². The zero-order chi connectivity index (χ0) is 24.6. The minimum atomic E-state index is -3.17. The Morgan fingerprint density at radius 1 is 1.18 bits per heavy atom. The van der Waals surface area contributed by atoms with Gasteiger partial charge in [-0.2, -0.15) is 8.78 Å². The molecule has 11 heteroatoms. The van der Waals surface area contributed by atoms with Gasteiger partial charge in [-0.15, -0.1) is 0 Å². The number of nitrogens with two attached hydrogens (primary N) is 1. The number of ether oxygens (including phenoxy) is 2. The smallest absolute Gasteiger partial charge is 0.345 e. The second kappa shape index (κ2) is 11.8. The van der Waals surface area contributed by atoms with Crippen molar-refractivity contribution in [2.45, 2.75) is 51.0 Å². The van der Waals surface area contributed by atoms with Crippen molar-refractivity contribution in [1.29, 1.82) is 0 Å². The van der Waals surface area contributed by atoms with Crippen LogP contribution in [0.2, 0.25) is 0 Å². The largest absolute Gasteiger partial charge is 0.369 e. The van der Waals surface area contributed by atoms with E-state index < -0.39 is 54.5 Å². The Bertz CT molecular complexity index is 848. The third kappa shape index (κ3) is 8.50. The predicted octanol–water partition coefficient (Wildman–Crippen LogP) is 0.512. The molecule has 1 aliphatic heterocycles. The third-order valence-electron chi connectivity index (χ3n) is 5.18. The van der Waals surface area contributed by atoms with Crippen LogP contribution >= 0.6 is 0 Å². The van der Waals surface area contributed by atoms with Crippen molar-refractivity contribution in [3.05, 3.63) is 42.3 Å². The number of rotatable bonds is 14. The van der Waals surface area contributed by atoms with Gasteiger partial charge in [0.2, 0.25) is 17.7 Å². The highest BCUT2D eigenvalue weighted by Crippen LogP contribution is 2.29. The second-order valence-corrected chi connectivity index (χ2v) is 8.03. The Hall–Kier alpha value is -2.92. The minimum absolute atomic E-state index is 0.00395. The molecule has 3 amide bonds. The molecule has 0 saturated carbocycles. The predicted molar refractivity (Wildman–Crippen MR) is 113 cm³/mol. The van der Waals surface area contributed by atoms with Crippen LogP contribution in [0.4, 0.5) is 8.78 Å². The van der Waals surface area contributed by atoms with Crippen LogP contribution in [0.5, 0.6) is 0 Å². The first kappa shape index (κ1) is 26.3. The maximum absolute atomic E-state index is 12.9. The molecule has 2 rings (SSSR count). The highest BCUT2D eigenvalue weighted by molar-refractivity contribution is 5.98. The number of hydrogen-bond donors (Lipinski definition) is 3. The van der Waals surface area contributed by atoms with Crippen molar-refractivity contribution >= 4 is 23.5 Å². The average Bonchev–Trinajstić information content (AvgIpc) is 3.52. The van der Waals surface area contributed by atoms with Crippen molar-refractivity contribution in [3.8, 4) is 0 Å². The van der Waals surface area contributed by atoms with E-state index in [0.717, 1.165) is 12.0 Å². The van der Waals surface area contributed by atoms with Crippen molar-refractivity contribution in [2.24, 2.45) is 11.7 Å². The van der Waals surface area contributed by atoms with E-state index in [4.69, 9.17) is 10.5 Å². The SMILES string of the molecule is C[C@@H](C[CH]C(=O)N[C@@H](COC(F)F)C(=O)N[C@@H](Cc1ccccc1)C(=O)[C@@]1(C)CO1)C(N)=O. The van der Waals surface area contributed by atoms with Crippen LogP contribution in [0.15, 0.2) is 30.3 Å². The molecule has 0 bridgehead atoms. The van der Waals surface area contributed by atoms with Gasteiger partial charge in [0.15, 0.2) is 5.78 Å². The van der Waals surface area contributed by atoms with Crippen molar-refractivity contribution in [3.63, 3.8) is 0 Å². The van der Waals surface area contributed by atoms with Crippen LogP contribution in [0.1, 0.15) is 25.8 Å². The summed E-state index contributed by atoms with van der Waals surface area (Å²) in [6.07, 6.45) is 1.22. The summed E-state index contributed by atoms with van der Waals surface area (Å²) >= 11 is 0. The molecule has 1 aromatic carbocycles. The molecule has 1 aliphatic rings. The van der Waals surface area contributed by atoms with Crippen molar-refractivity contribution < 1.29 is 37.4 Å². The molecule has 1 heterocycles. The standard InChI is InChI=1S/C22H28F2N3O6/c1-13(19(25)30)8-9-17(28)26-16(11-32-21(23)24)20(31)27-15(18(29)22(2)12-33-22)10-14-6-4-3-5-7-14/h3-7,9,13,15-16,21H,8,10-12H2,1-2H3,(H2,25,30)(H,26,28)(H,27,31)/t13-,15-,16-,22+/m0/s1. The zero-order valence-electron chi connectivity index (χ0n) is 18.4. The van der Waals surface area contributed by atoms with E-state index >= 15 is 0 Å². The molecule has 1 aromatic rings. The van der Waals surface area contributed by atoms with Gasteiger partial charge in [0.05, 0.1) is 25.7 Å². The summed E-state index contributed by atoms with van der Waals surface area (Å²) in [5, 5.41) is 4.80. The number of carbonyl (C=O) groups is 4. The number of hydrogen-bond acceptors (Lipinski definition) is 6. The number of ketones is 1. The first-order valence-electron chi connectivity index (χ1n) is 10.4. The fourth-order valence-electron chi connectivity index (χ4n) is 2.93. The number of primary amides is 1. The highest BCUT2D eigenvalue weighted by atomic mass is 19.3. The van der Waals surface area contributed by atoms with Crippen LogP contribution in [0.25, 0.3) is 0 Å². The molecule has 4 N–H and O–H groups in total. The fraction of sp³-hybridized carbons (Fsp3) is 0.500. The van der Waals surface area contributed by atoms with Crippen LogP contribution in [0, 0.1) is 12.3 Å². The van der Waals surface area contributed by atoms with Crippen LogP contribution in [-0.4, -0.2) is 61.0 Å². The molecular formula is C22H28F2N3O6. The average molecular weight is 468 g/mol. The number of halogens is 2. The molecular weight excluding hydrogens is 440 g/mol. The van der Waals surface area contributed by atoms with Gasteiger partial charge in [0, 0.05) is 5.92 Å². The lowest BCUT2D eigenvalue weighted by atomic mass is 9.94. The van der Waals surface area contributed by atoms with Crippen LogP contribution in [0.3, 0.4) is 0 Å². The topological polar surface area (TPSA) is 140 Å². The molecule has 1 radical (unpaired) electrons. The van der Waals surface area contributed by atoms with Crippen LogP contribution in [-0.2, 0) is 35.1 Å². The summed E-state index contributed by atoms with van der Waals surface area (Å²) in [6, 6.07) is 6.37. The van der Waals surface area contributed by atoms with Gasteiger partial charge in [0.1, 0.15) is 11.6 Å². The molecule has 9 nitrogen and oxygen atoms in total. The lowest BCUT2D eigenvalue weighted by Crippen LogP contribution is -2.55. The van der Waals surface area contributed by atoms with E-state index in [1.54, 1.807) is 37.3 Å². The lowest BCUT2D eigenvalue weighted by Gasteiger charge is -2.24. The molecule has 0 unspecified atom stereocenters. The van der Waals surface area contributed by atoms with Gasteiger partial charge in [-0.05, 0) is 25.3 Å². The Morgan fingerprint density at radius 3 is 2.36 bits per heavy atom. The third-order valence-corrected chi connectivity index (χ3v) is 5.18. The summed E-state index contributed by atoms with van der Waals surface area (Å²) in [5.41, 5.74) is 4.86. The zero-order valence-corrected chi connectivity index (χ0v) is 18.4. The number of carbonyl (C=O) groups excluding carboxylic acids is 4. The lowest BCUT2D eigenvalue weighted by molar-refractivity contribution is -0.147. The highest BCUT2D eigenvalue weighted by Gasteiger charge is 2.50. The first-order valence-corrected chi connectivity index (χ1v) is 10.4. The van der Waals surface area contributed by atoms with Crippen molar-refractivity contribution in [2.75, 3.05) is 13.2 Å². The van der Waals surface area contributed by atoms with Gasteiger partial charge in [-0.25, -0.2) is 0 Å². The fourth-order valence-corrected chi connectivity index (χ4v) is 2.93. The first-order chi connectivity index (χ1) is 15.5. The number of amides is 3. The Kier molecular flexibility index (Phi) is 9.42. The molecule has 181 valence electrons. The van der Waals surface area contributed by atoms with Crippen molar-refractivity contribution in [1.82, 2.24) is 10.6 Å². The Labute approximate surface area is 190 Å². The summed E-state index contributed by atoms with van der Waals surface area (Å²) in [4.78, 5) is 49.0. The molecule has 0 aliphatic carbocycles. The van der Waals surface area contributed by atoms with Gasteiger partial charge < -0.3 is 25.8 Å². The van der Waals surface area contributed by atoms with E-state index in [1.165, 1.54) is 6.92 Å². The summed E-state index contributed by atoms with van der Waals surface area (Å²) in [7, 11) is 0.